The summed E-state index contributed by atoms with van der Waals surface area (Å²) in [5.41, 5.74) is 2.67. The minimum atomic E-state index is 0.642. The first-order valence-corrected chi connectivity index (χ1v) is 7.77. The van der Waals surface area contributed by atoms with Crippen molar-refractivity contribution >= 4 is 55.3 Å². The van der Waals surface area contributed by atoms with Crippen LogP contribution in [0.2, 0.25) is 5.02 Å². The number of anilines is 2. The van der Waals surface area contributed by atoms with Gasteiger partial charge in [-0.15, -0.1) is 0 Å². The van der Waals surface area contributed by atoms with Crippen molar-refractivity contribution in [2.45, 2.75) is 0 Å². The summed E-state index contributed by atoms with van der Waals surface area (Å²) in [6, 6.07) is 11.3. The number of fused-ring (bicyclic) bond motifs is 2. The van der Waals surface area contributed by atoms with Gasteiger partial charge in [0.2, 0.25) is 5.95 Å². The van der Waals surface area contributed by atoms with Gasteiger partial charge in [0.15, 0.2) is 5.13 Å². The van der Waals surface area contributed by atoms with Crippen LogP contribution in [-0.4, -0.2) is 22.1 Å². The van der Waals surface area contributed by atoms with Crippen molar-refractivity contribution in [3.05, 3.63) is 41.4 Å². The zero-order valence-electron chi connectivity index (χ0n) is 11.6. The molecule has 0 fully saturated rings. The lowest BCUT2D eigenvalue weighted by Crippen LogP contribution is -1.90. The van der Waals surface area contributed by atoms with Crippen molar-refractivity contribution in [3.8, 4) is 5.75 Å². The van der Waals surface area contributed by atoms with Gasteiger partial charge in [0, 0.05) is 5.02 Å². The Labute approximate surface area is 134 Å². The lowest BCUT2D eigenvalue weighted by Gasteiger charge is -1.96. The summed E-state index contributed by atoms with van der Waals surface area (Å²) in [7, 11) is 1.65. The Bertz CT molecular complexity index is 978. The highest BCUT2D eigenvalue weighted by Gasteiger charge is 2.08. The third-order valence-electron chi connectivity index (χ3n) is 3.26. The Morgan fingerprint density at radius 1 is 1.14 bits per heavy atom. The number of benzene rings is 2. The SMILES string of the molecule is COc1ccc2nc(Nc3nc4ccc(Cl)cc4[nH]3)sc2c1. The average Bonchev–Trinajstić information content (AvgIpc) is 3.08. The van der Waals surface area contributed by atoms with Crippen molar-refractivity contribution < 1.29 is 4.74 Å². The first-order chi connectivity index (χ1) is 10.7. The molecule has 0 atom stereocenters. The van der Waals surface area contributed by atoms with Crippen LogP contribution in [0.15, 0.2) is 36.4 Å². The molecule has 4 rings (SSSR count). The minimum absolute atomic E-state index is 0.642. The molecule has 0 spiro atoms. The Hall–Kier alpha value is -2.31. The molecular weight excluding hydrogens is 320 g/mol. The molecule has 0 amide bonds. The molecule has 0 radical (unpaired) electrons. The quantitative estimate of drug-likeness (QED) is 0.577. The summed E-state index contributed by atoms with van der Waals surface area (Å²) >= 11 is 7.53. The molecule has 5 nitrogen and oxygen atoms in total. The van der Waals surface area contributed by atoms with E-state index in [1.54, 1.807) is 18.4 Å². The topological polar surface area (TPSA) is 62.8 Å². The molecule has 0 saturated heterocycles. The van der Waals surface area contributed by atoms with Crippen molar-refractivity contribution in [2.75, 3.05) is 12.4 Å². The van der Waals surface area contributed by atoms with Crippen LogP contribution in [-0.2, 0) is 0 Å². The summed E-state index contributed by atoms with van der Waals surface area (Å²) in [5.74, 6) is 1.46. The fraction of sp³-hybridized carbons (Fsp3) is 0.0667. The number of thiazole rings is 1. The van der Waals surface area contributed by atoms with Gasteiger partial charge in [0.25, 0.3) is 0 Å². The van der Waals surface area contributed by atoms with Gasteiger partial charge in [0.05, 0.1) is 28.4 Å². The molecule has 0 saturated carbocycles. The van der Waals surface area contributed by atoms with Crippen LogP contribution in [0, 0.1) is 0 Å². The van der Waals surface area contributed by atoms with Crippen LogP contribution < -0.4 is 10.1 Å². The number of rotatable bonds is 3. The summed E-state index contributed by atoms with van der Waals surface area (Å²) in [4.78, 5) is 12.2. The predicted octanol–water partition coefficient (Wildman–Crippen LogP) is 4.58. The molecule has 0 aliphatic carbocycles. The number of nitrogens with one attached hydrogen (secondary N) is 2. The van der Waals surface area contributed by atoms with Crippen LogP contribution in [0.5, 0.6) is 5.75 Å². The third kappa shape index (κ3) is 2.36. The number of ether oxygens (including phenoxy) is 1. The van der Waals surface area contributed by atoms with E-state index >= 15 is 0 Å². The summed E-state index contributed by atoms with van der Waals surface area (Å²) in [5, 5.41) is 4.64. The van der Waals surface area contributed by atoms with E-state index in [1.807, 2.05) is 36.4 Å². The molecule has 0 aliphatic rings. The fourth-order valence-electron chi connectivity index (χ4n) is 2.23. The first-order valence-electron chi connectivity index (χ1n) is 6.58. The van der Waals surface area contributed by atoms with Crippen LogP contribution in [0.3, 0.4) is 0 Å². The predicted molar refractivity (Wildman–Crippen MR) is 90.6 cm³/mol. The van der Waals surface area contributed by atoms with Crippen molar-refractivity contribution in [1.29, 1.82) is 0 Å². The number of H-pyrrole nitrogens is 1. The van der Waals surface area contributed by atoms with E-state index in [9.17, 15) is 0 Å². The van der Waals surface area contributed by atoms with Gasteiger partial charge in [-0.2, -0.15) is 0 Å². The van der Waals surface area contributed by atoms with Crippen LogP contribution in [0.25, 0.3) is 21.3 Å². The molecule has 2 aromatic carbocycles. The largest absolute Gasteiger partial charge is 0.497 e. The third-order valence-corrected chi connectivity index (χ3v) is 4.43. The van der Waals surface area contributed by atoms with E-state index in [1.165, 1.54) is 0 Å². The second kappa shape index (κ2) is 5.15. The fourth-order valence-corrected chi connectivity index (χ4v) is 3.29. The monoisotopic (exact) mass is 330 g/mol. The second-order valence-corrected chi connectivity index (χ2v) is 6.19. The number of hydrogen-bond acceptors (Lipinski definition) is 5. The van der Waals surface area contributed by atoms with Gasteiger partial charge < -0.3 is 15.0 Å². The van der Waals surface area contributed by atoms with E-state index in [0.29, 0.717) is 11.0 Å². The van der Waals surface area contributed by atoms with E-state index in [2.05, 4.69) is 20.3 Å². The molecule has 0 unspecified atom stereocenters. The zero-order chi connectivity index (χ0) is 15.1. The van der Waals surface area contributed by atoms with E-state index < -0.39 is 0 Å². The van der Waals surface area contributed by atoms with Gasteiger partial charge in [0.1, 0.15) is 5.75 Å². The second-order valence-electron chi connectivity index (χ2n) is 4.72. The molecule has 2 heterocycles. The normalized spacial score (nSPS) is 11.2. The van der Waals surface area contributed by atoms with E-state index in [0.717, 1.165) is 32.1 Å². The molecule has 22 heavy (non-hydrogen) atoms. The molecule has 4 aromatic rings. The molecule has 2 aromatic heterocycles. The van der Waals surface area contributed by atoms with Gasteiger partial charge in [-0.05, 0) is 36.4 Å². The molecule has 0 aliphatic heterocycles. The van der Waals surface area contributed by atoms with E-state index in [-0.39, 0.29) is 0 Å². The first kappa shape index (κ1) is 13.4. The molecule has 110 valence electrons. The van der Waals surface area contributed by atoms with Gasteiger partial charge in [-0.3, -0.25) is 0 Å². The van der Waals surface area contributed by atoms with Gasteiger partial charge in [-0.1, -0.05) is 22.9 Å². The Kier molecular flexibility index (Phi) is 3.13. The van der Waals surface area contributed by atoms with Crippen molar-refractivity contribution in [1.82, 2.24) is 15.0 Å². The Morgan fingerprint density at radius 3 is 2.86 bits per heavy atom. The number of aromatic amines is 1. The highest BCUT2D eigenvalue weighted by Crippen LogP contribution is 2.31. The highest BCUT2D eigenvalue weighted by molar-refractivity contribution is 7.22. The number of aromatic nitrogens is 3. The Morgan fingerprint density at radius 2 is 2.00 bits per heavy atom. The number of hydrogen-bond donors (Lipinski definition) is 2. The molecular formula is C15H11ClN4OS. The van der Waals surface area contributed by atoms with Crippen molar-refractivity contribution in [2.24, 2.45) is 0 Å². The summed E-state index contributed by atoms with van der Waals surface area (Å²) in [6.07, 6.45) is 0. The van der Waals surface area contributed by atoms with Crippen LogP contribution >= 0.6 is 22.9 Å². The lowest BCUT2D eigenvalue weighted by molar-refractivity contribution is 0.415. The van der Waals surface area contributed by atoms with Crippen LogP contribution in [0.1, 0.15) is 0 Å². The van der Waals surface area contributed by atoms with E-state index in [4.69, 9.17) is 16.3 Å². The minimum Gasteiger partial charge on any atom is -0.497 e. The number of methoxy groups -OCH3 is 1. The molecule has 0 bridgehead atoms. The lowest BCUT2D eigenvalue weighted by atomic mass is 10.3. The van der Waals surface area contributed by atoms with Gasteiger partial charge >= 0.3 is 0 Å². The maximum atomic E-state index is 5.98. The maximum Gasteiger partial charge on any atom is 0.207 e. The van der Waals surface area contributed by atoms with Crippen LogP contribution in [0.4, 0.5) is 11.1 Å². The summed E-state index contributed by atoms with van der Waals surface area (Å²) < 4.78 is 6.28. The zero-order valence-corrected chi connectivity index (χ0v) is 13.1. The van der Waals surface area contributed by atoms with Gasteiger partial charge in [-0.25, -0.2) is 9.97 Å². The average molecular weight is 331 g/mol. The smallest absolute Gasteiger partial charge is 0.207 e. The Balaban J connectivity index is 1.69. The number of nitrogens with zero attached hydrogens (tertiary/aromatic N) is 2. The maximum absolute atomic E-state index is 5.98. The molecule has 2 N–H and O–H groups in total. The standard InChI is InChI=1S/C15H11ClN4OS/c1-21-9-3-5-11-13(7-9)22-15(19-11)20-14-17-10-4-2-8(16)6-12(10)18-14/h2-7H,1H3,(H2,17,18,19,20). The molecule has 7 heteroatoms. The highest BCUT2D eigenvalue weighted by atomic mass is 35.5. The number of halogens is 1. The van der Waals surface area contributed by atoms with Crippen molar-refractivity contribution in [3.63, 3.8) is 0 Å². The number of imidazole rings is 1. The summed E-state index contributed by atoms with van der Waals surface area (Å²) in [6.45, 7) is 0.